The average Bonchev–Trinajstić information content (AvgIpc) is 3.50. The molecule has 0 aliphatic carbocycles. The van der Waals surface area contributed by atoms with E-state index in [1.54, 1.807) is 0 Å². The number of allylic oxidation sites excluding steroid dienone is 22. The summed E-state index contributed by atoms with van der Waals surface area (Å²) in [5.41, 5.74) is 0. The van der Waals surface area contributed by atoms with Crippen LogP contribution in [-0.2, 0) is 42.2 Å². The molecule has 466 valence electrons. The van der Waals surface area contributed by atoms with Crippen LogP contribution in [0, 0.1) is 0 Å². The lowest BCUT2D eigenvalue weighted by Gasteiger charge is -2.21. The second-order valence-electron chi connectivity index (χ2n) is 20.8. The van der Waals surface area contributed by atoms with Gasteiger partial charge in [0, 0.05) is 19.3 Å². The fourth-order valence-corrected chi connectivity index (χ4v) is 9.01. The van der Waals surface area contributed by atoms with E-state index in [1.165, 1.54) is 25.7 Å². The fraction of sp³-hybridized carbons (Fsp3) is 0.643. The number of phosphoric ester groups is 1. The van der Waals surface area contributed by atoms with Crippen LogP contribution in [0.1, 0.15) is 252 Å². The smallest absolute Gasteiger partial charge is 0.462 e. The fourth-order valence-electron chi connectivity index (χ4n) is 8.23. The van der Waals surface area contributed by atoms with Gasteiger partial charge in [0.05, 0.1) is 19.8 Å². The van der Waals surface area contributed by atoms with Gasteiger partial charge in [0.15, 0.2) is 6.10 Å². The first-order valence-corrected chi connectivity index (χ1v) is 33.6. The SMILES string of the molecule is CC/C=C\C/C=C\C/C=C\C/C=C\CCCCCCCCC(=O)OC(COC(=O)CCCCCCCC/C=C\C/C=C\C/C=C\CCCCC)COP(=O)(O)OCC(CO)OC(=O)CCCCCC/C=C\C/C=C\C/C=C\C/C=C\CC. The molecule has 0 amide bonds. The van der Waals surface area contributed by atoms with E-state index in [4.69, 9.17) is 23.3 Å². The zero-order valence-electron chi connectivity index (χ0n) is 51.7. The van der Waals surface area contributed by atoms with E-state index in [0.717, 1.165) is 167 Å². The molecular formula is C70H115O11P. The lowest BCUT2D eigenvalue weighted by atomic mass is 10.1. The second kappa shape index (κ2) is 62.7. The predicted octanol–water partition coefficient (Wildman–Crippen LogP) is 19.7. The second-order valence-corrected chi connectivity index (χ2v) is 22.3. The van der Waals surface area contributed by atoms with Gasteiger partial charge in [-0.05, 0) is 135 Å². The summed E-state index contributed by atoms with van der Waals surface area (Å²) in [6.45, 7) is 4.34. The summed E-state index contributed by atoms with van der Waals surface area (Å²) in [6, 6.07) is 0. The third-order valence-electron chi connectivity index (χ3n) is 13.0. The third kappa shape index (κ3) is 60.2. The van der Waals surface area contributed by atoms with Gasteiger partial charge in [0.1, 0.15) is 12.7 Å². The van der Waals surface area contributed by atoms with Gasteiger partial charge in [-0.3, -0.25) is 23.4 Å². The van der Waals surface area contributed by atoms with Crippen molar-refractivity contribution >= 4 is 25.7 Å². The molecule has 0 heterocycles. The van der Waals surface area contributed by atoms with Crippen molar-refractivity contribution in [3.8, 4) is 0 Å². The molecule has 0 bridgehead atoms. The van der Waals surface area contributed by atoms with Crippen molar-refractivity contribution in [2.45, 2.75) is 264 Å². The van der Waals surface area contributed by atoms with Crippen molar-refractivity contribution in [2.24, 2.45) is 0 Å². The highest BCUT2D eigenvalue weighted by Crippen LogP contribution is 2.43. The molecule has 0 spiro atoms. The average molecular weight is 1160 g/mol. The number of unbranched alkanes of at least 4 members (excludes halogenated alkanes) is 19. The topological polar surface area (TPSA) is 155 Å². The van der Waals surface area contributed by atoms with E-state index < -0.39 is 57.8 Å². The zero-order valence-corrected chi connectivity index (χ0v) is 52.6. The van der Waals surface area contributed by atoms with E-state index in [1.807, 2.05) is 0 Å². The molecule has 0 saturated carbocycles. The van der Waals surface area contributed by atoms with Gasteiger partial charge in [0.25, 0.3) is 0 Å². The highest BCUT2D eigenvalue weighted by atomic mass is 31.2. The summed E-state index contributed by atoms with van der Waals surface area (Å²) in [7, 11) is -4.78. The molecule has 0 fully saturated rings. The van der Waals surface area contributed by atoms with Crippen LogP contribution in [0.25, 0.3) is 0 Å². The minimum atomic E-state index is -4.78. The van der Waals surface area contributed by atoms with Crippen molar-refractivity contribution in [1.29, 1.82) is 0 Å². The van der Waals surface area contributed by atoms with Crippen LogP contribution in [0.5, 0.6) is 0 Å². The molecule has 0 aromatic rings. The van der Waals surface area contributed by atoms with Gasteiger partial charge < -0.3 is 24.2 Å². The van der Waals surface area contributed by atoms with Gasteiger partial charge in [-0.25, -0.2) is 4.57 Å². The zero-order chi connectivity index (χ0) is 59.8. The third-order valence-corrected chi connectivity index (χ3v) is 14.0. The lowest BCUT2D eigenvalue weighted by molar-refractivity contribution is -0.161. The normalized spacial score (nSPS) is 14.2. The predicted molar refractivity (Wildman–Crippen MR) is 343 cm³/mol. The minimum absolute atomic E-state index is 0.139. The van der Waals surface area contributed by atoms with Crippen LogP contribution in [0.2, 0.25) is 0 Å². The number of carbonyl (C=O) groups excluding carboxylic acids is 3. The van der Waals surface area contributed by atoms with Crippen LogP contribution in [-0.4, -0.2) is 66.5 Å². The van der Waals surface area contributed by atoms with Crippen molar-refractivity contribution in [2.75, 3.05) is 26.4 Å². The molecule has 0 aromatic heterocycles. The van der Waals surface area contributed by atoms with Crippen molar-refractivity contribution < 1.29 is 52.2 Å². The summed E-state index contributed by atoms with van der Waals surface area (Å²) >= 11 is 0. The number of rotatable bonds is 58. The summed E-state index contributed by atoms with van der Waals surface area (Å²) in [5.74, 6) is -1.53. The Morgan fingerprint density at radius 2 is 0.634 bits per heavy atom. The Kier molecular flexibility index (Phi) is 59.3. The van der Waals surface area contributed by atoms with Crippen molar-refractivity contribution in [3.63, 3.8) is 0 Å². The van der Waals surface area contributed by atoms with E-state index in [-0.39, 0.29) is 25.9 Å². The first-order valence-electron chi connectivity index (χ1n) is 32.1. The van der Waals surface area contributed by atoms with Gasteiger partial charge >= 0.3 is 25.7 Å². The quantitative estimate of drug-likeness (QED) is 0.0197. The van der Waals surface area contributed by atoms with Gasteiger partial charge in [-0.2, -0.15) is 0 Å². The maximum absolute atomic E-state index is 13.0. The number of aliphatic hydroxyl groups excluding tert-OH is 1. The van der Waals surface area contributed by atoms with Gasteiger partial charge in [-0.15, -0.1) is 0 Å². The summed E-state index contributed by atoms with van der Waals surface area (Å²) < 4.78 is 39.7. The van der Waals surface area contributed by atoms with Crippen LogP contribution < -0.4 is 0 Å². The monoisotopic (exact) mass is 1160 g/mol. The maximum Gasteiger partial charge on any atom is 0.472 e. The van der Waals surface area contributed by atoms with Crippen LogP contribution >= 0.6 is 7.82 Å². The van der Waals surface area contributed by atoms with Gasteiger partial charge in [0.2, 0.25) is 0 Å². The summed E-state index contributed by atoms with van der Waals surface area (Å²) in [4.78, 5) is 48.8. The Hall–Kier alpha value is -4.38. The highest BCUT2D eigenvalue weighted by molar-refractivity contribution is 7.47. The van der Waals surface area contributed by atoms with Crippen LogP contribution in [0.4, 0.5) is 0 Å². The van der Waals surface area contributed by atoms with Crippen molar-refractivity contribution in [1.82, 2.24) is 0 Å². The number of aliphatic hydroxyl groups is 1. The minimum Gasteiger partial charge on any atom is -0.462 e. The Balaban J connectivity index is 4.80. The van der Waals surface area contributed by atoms with Gasteiger partial charge in [-0.1, -0.05) is 231 Å². The molecule has 0 aliphatic rings. The highest BCUT2D eigenvalue weighted by Gasteiger charge is 2.28. The van der Waals surface area contributed by atoms with E-state index in [2.05, 4.69) is 154 Å². The standard InChI is InChI=1S/C70H115O11P/c1-4-7-10-13-16-19-22-25-28-31-33-36-38-41-44-47-50-53-56-59-68(72)77-63-67(81-70(74)61-58-55-52-49-46-43-40-37-34-32-29-26-23-20-17-14-11-8-5-2)65-79-82(75,76)78-64-66(62-71)80-69(73)60-57-54-51-48-45-42-39-35-30-27-24-21-18-15-12-9-6-3/h8-9,11-12,16-21,25-30,33-34,36-37,39,42,66-67,71H,4-7,10,13-15,22-24,31-32,35,38,40-41,43-65H2,1-3H3,(H,75,76)/b11-8-,12-9-,19-16-,20-17-,21-18-,28-25-,29-26-,30-27-,36-33-,37-34-,42-39-. The molecule has 0 rings (SSSR count). The van der Waals surface area contributed by atoms with Crippen molar-refractivity contribution in [3.05, 3.63) is 134 Å². The first kappa shape index (κ1) is 77.6. The molecule has 3 atom stereocenters. The molecule has 82 heavy (non-hydrogen) atoms. The number of ether oxygens (including phenoxy) is 3. The Morgan fingerprint density at radius 1 is 0.354 bits per heavy atom. The number of hydrogen-bond donors (Lipinski definition) is 2. The number of phosphoric acid groups is 1. The first-order chi connectivity index (χ1) is 40.2. The summed E-state index contributed by atoms with van der Waals surface area (Å²) in [6.07, 6.45) is 79.6. The largest absolute Gasteiger partial charge is 0.472 e. The van der Waals surface area contributed by atoms with Crippen LogP contribution in [0.15, 0.2) is 134 Å². The Labute approximate surface area is 500 Å². The molecule has 12 heteroatoms. The van der Waals surface area contributed by atoms with E-state index in [9.17, 15) is 28.9 Å². The van der Waals surface area contributed by atoms with E-state index >= 15 is 0 Å². The molecule has 3 unspecified atom stereocenters. The lowest BCUT2D eigenvalue weighted by Crippen LogP contribution is -2.30. The Morgan fingerprint density at radius 3 is 0.976 bits per heavy atom. The molecule has 0 aromatic carbocycles. The molecular weight excluding hydrogens is 1050 g/mol. The molecule has 0 aliphatic heterocycles. The molecule has 2 N–H and O–H groups in total. The van der Waals surface area contributed by atoms with E-state index in [0.29, 0.717) is 19.3 Å². The molecule has 0 radical (unpaired) electrons. The van der Waals surface area contributed by atoms with Crippen LogP contribution in [0.3, 0.4) is 0 Å². The Bertz CT molecular complexity index is 1890. The summed E-state index contributed by atoms with van der Waals surface area (Å²) in [5, 5.41) is 9.85. The number of esters is 3. The molecule has 11 nitrogen and oxygen atoms in total. The number of hydrogen-bond acceptors (Lipinski definition) is 10. The maximum atomic E-state index is 13.0. The molecule has 0 saturated heterocycles. The number of carbonyl (C=O) groups is 3.